The molecule has 2 aromatic carbocycles. The van der Waals surface area contributed by atoms with Gasteiger partial charge in [0.1, 0.15) is 11.6 Å². The van der Waals surface area contributed by atoms with Crippen LogP contribution in [-0.4, -0.2) is 14.8 Å². The molecule has 5 heteroatoms. The maximum absolute atomic E-state index is 13.1. The molecule has 0 bridgehead atoms. The van der Waals surface area contributed by atoms with E-state index >= 15 is 0 Å². The monoisotopic (exact) mass is 311 g/mol. The number of aromatic nitrogens is 3. The Morgan fingerprint density at radius 3 is 2.00 bits per heavy atom. The molecule has 3 nitrogen and oxygen atoms in total. The van der Waals surface area contributed by atoms with Crippen molar-refractivity contribution in [2.45, 2.75) is 13.5 Å². The lowest BCUT2D eigenvalue weighted by Crippen LogP contribution is -2.03. The van der Waals surface area contributed by atoms with Gasteiger partial charge in [0.25, 0.3) is 0 Å². The largest absolute Gasteiger partial charge is 0.241 e. The molecule has 0 saturated heterocycles. The molecule has 0 N–H and O–H groups in total. The number of allylic oxidation sites excluding steroid dienone is 1. The zero-order valence-electron chi connectivity index (χ0n) is 12.6. The molecule has 0 aliphatic heterocycles. The van der Waals surface area contributed by atoms with Crippen molar-refractivity contribution in [2.24, 2.45) is 0 Å². The lowest BCUT2D eigenvalue weighted by molar-refractivity contribution is 0.627. The molecule has 0 unspecified atom stereocenters. The topological polar surface area (TPSA) is 30.7 Å². The summed E-state index contributed by atoms with van der Waals surface area (Å²) in [6.45, 7) is 6.29. The van der Waals surface area contributed by atoms with E-state index in [1.54, 1.807) is 28.9 Å². The van der Waals surface area contributed by atoms with E-state index in [2.05, 4.69) is 16.7 Å². The van der Waals surface area contributed by atoms with Crippen LogP contribution >= 0.6 is 0 Å². The summed E-state index contributed by atoms with van der Waals surface area (Å²) in [4.78, 5) is 4.53. The predicted molar refractivity (Wildman–Crippen MR) is 85.6 cm³/mol. The highest BCUT2D eigenvalue weighted by Gasteiger charge is 2.13. The Kier molecular flexibility index (Phi) is 4.02. The molecule has 23 heavy (non-hydrogen) atoms. The van der Waals surface area contributed by atoms with Crippen molar-refractivity contribution < 1.29 is 8.78 Å². The molecule has 0 aliphatic carbocycles. The van der Waals surface area contributed by atoms with Crippen LogP contribution in [0.3, 0.4) is 0 Å². The van der Waals surface area contributed by atoms with Crippen LogP contribution in [0, 0.1) is 11.6 Å². The van der Waals surface area contributed by atoms with Gasteiger partial charge in [-0.05, 0) is 55.5 Å². The first kappa shape index (κ1) is 15.1. The van der Waals surface area contributed by atoms with Crippen LogP contribution in [0.2, 0.25) is 0 Å². The predicted octanol–water partition coefficient (Wildman–Crippen LogP) is 4.47. The summed E-state index contributed by atoms with van der Waals surface area (Å²) in [5.41, 5.74) is 2.40. The van der Waals surface area contributed by atoms with Crippen LogP contribution in [0.4, 0.5) is 8.78 Å². The Morgan fingerprint density at radius 2 is 1.48 bits per heavy atom. The van der Waals surface area contributed by atoms with Crippen LogP contribution in [0.1, 0.15) is 6.92 Å². The van der Waals surface area contributed by atoms with E-state index in [-0.39, 0.29) is 11.6 Å². The van der Waals surface area contributed by atoms with Crippen molar-refractivity contribution in [3.8, 4) is 22.8 Å². The summed E-state index contributed by atoms with van der Waals surface area (Å²) in [5, 5.41) is 4.48. The van der Waals surface area contributed by atoms with Crippen LogP contribution in [-0.2, 0) is 6.54 Å². The summed E-state index contributed by atoms with van der Waals surface area (Å²) in [5.74, 6) is 0.491. The summed E-state index contributed by atoms with van der Waals surface area (Å²) >= 11 is 0. The molecule has 0 spiro atoms. The molecule has 0 aliphatic rings. The SMILES string of the molecule is C=C(C)Cn1nc(-c2ccc(F)cc2)nc1-c1ccc(F)cc1. The first-order valence-corrected chi connectivity index (χ1v) is 7.14. The average molecular weight is 311 g/mol. The summed E-state index contributed by atoms with van der Waals surface area (Å²) < 4.78 is 27.9. The number of hydrogen-bond acceptors (Lipinski definition) is 2. The van der Waals surface area contributed by atoms with E-state index in [0.29, 0.717) is 18.2 Å². The lowest BCUT2D eigenvalue weighted by atomic mass is 10.2. The van der Waals surface area contributed by atoms with Crippen LogP contribution in [0.15, 0.2) is 60.7 Å². The Hall–Kier alpha value is -2.82. The third-order valence-electron chi connectivity index (χ3n) is 3.30. The zero-order valence-corrected chi connectivity index (χ0v) is 12.6. The second kappa shape index (κ2) is 6.12. The second-order valence-corrected chi connectivity index (χ2v) is 5.39. The third kappa shape index (κ3) is 3.34. The molecule has 0 atom stereocenters. The highest BCUT2D eigenvalue weighted by Crippen LogP contribution is 2.23. The molecule has 0 amide bonds. The van der Waals surface area contributed by atoms with Gasteiger partial charge in [-0.15, -0.1) is 0 Å². The number of rotatable bonds is 4. The van der Waals surface area contributed by atoms with Gasteiger partial charge in [-0.25, -0.2) is 18.4 Å². The molecule has 3 aromatic rings. The van der Waals surface area contributed by atoms with E-state index in [1.165, 1.54) is 24.3 Å². The summed E-state index contributed by atoms with van der Waals surface area (Å²) in [6, 6.07) is 12.1. The molecule has 1 heterocycles. The summed E-state index contributed by atoms with van der Waals surface area (Å²) in [7, 11) is 0. The normalized spacial score (nSPS) is 10.7. The number of nitrogens with zero attached hydrogens (tertiary/aromatic N) is 3. The smallest absolute Gasteiger partial charge is 0.181 e. The Labute approximate surface area is 132 Å². The molecule has 0 saturated carbocycles. The minimum absolute atomic E-state index is 0.307. The minimum atomic E-state index is -0.311. The molecule has 0 fully saturated rings. The van der Waals surface area contributed by atoms with Gasteiger partial charge >= 0.3 is 0 Å². The van der Waals surface area contributed by atoms with Gasteiger partial charge in [0.2, 0.25) is 0 Å². The fourth-order valence-electron chi connectivity index (χ4n) is 2.24. The maximum Gasteiger partial charge on any atom is 0.181 e. The highest BCUT2D eigenvalue weighted by atomic mass is 19.1. The van der Waals surface area contributed by atoms with Gasteiger partial charge in [0.05, 0.1) is 6.54 Å². The van der Waals surface area contributed by atoms with Crippen molar-refractivity contribution in [3.05, 3.63) is 72.3 Å². The van der Waals surface area contributed by atoms with E-state index in [4.69, 9.17) is 0 Å². The van der Waals surface area contributed by atoms with E-state index < -0.39 is 0 Å². The van der Waals surface area contributed by atoms with E-state index in [1.807, 2.05) is 6.92 Å². The van der Waals surface area contributed by atoms with Crippen LogP contribution in [0.25, 0.3) is 22.8 Å². The molecular formula is C18H15F2N3. The Morgan fingerprint density at radius 1 is 0.957 bits per heavy atom. The summed E-state index contributed by atoms with van der Waals surface area (Å²) in [6.07, 6.45) is 0. The highest BCUT2D eigenvalue weighted by molar-refractivity contribution is 5.61. The van der Waals surface area contributed by atoms with Crippen molar-refractivity contribution >= 4 is 0 Å². The van der Waals surface area contributed by atoms with Crippen molar-refractivity contribution in [3.63, 3.8) is 0 Å². The minimum Gasteiger partial charge on any atom is -0.241 e. The molecule has 0 radical (unpaired) electrons. The fraction of sp³-hybridized carbons (Fsp3) is 0.111. The first-order valence-electron chi connectivity index (χ1n) is 7.14. The van der Waals surface area contributed by atoms with Gasteiger partial charge in [0.15, 0.2) is 11.6 Å². The third-order valence-corrected chi connectivity index (χ3v) is 3.30. The number of halogens is 2. The van der Waals surface area contributed by atoms with Crippen molar-refractivity contribution in [1.29, 1.82) is 0 Å². The van der Waals surface area contributed by atoms with Crippen LogP contribution in [0.5, 0.6) is 0 Å². The van der Waals surface area contributed by atoms with Gasteiger partial charge in [-0.2, -0.15) is 5.10 Å². The average Bonchev–Trinajstić information content (AvgIpc) is 2.92. The van der Waals surface area contributed by atoms with Crippen LogP contribution < -0.4 is 0 Å². The molecular weight excluding hydrogens is 296 g/mol. The van der Waals surface area contributed by atoms with Crippen molar-refractivity contribution in [1.82, 2.24) is 14.8 Å². The standard InChI is InChI=1S/C18H15F2N3/c1-12(2)11-23-18(14-5-9-16(20)10-6-14)21-17(22-23)13-3-7-15(19)8-4-13/h3-10H,1,11H2,2H3. The van der Waals surface area contributed by atoms with Gasteiger partial charge in [-0.3, -0.25) is 0 Å². The lowest BCUT2D eigenvalue weighted by Gasteiger charge is -2.05. The Balaban J connectivity index is 2.08. The van der Waals surface area contributed by atoms with Gasteiger partial charge in [0, 0.05) is 11.1 Å². The zero-order chi connectivity index (χ0) is 16.4. The second-order valence-electron chi connectivity index (χ2n) is 5.39. The quantitative estimate of drug-likeness (QED) is 0.666. The first-order chi connectivity index (χ1) is 11.0. The van der Waals surface area contributed by atoms with Gasteiger partial charge in [-0.1, -0.05) is 12.2 Å². The number of benzene rings is 2. The Bertz CT molecular complexity index is 834. The van der Waals surface area contributed by atoms with Gasteiger partial charge < -0.3 is 0 Å². The number of hydrogen-bond donors (Lipinski definition) is 0. The van der Waals surface area contributed by atoms with Crippen molar-refractivity contribution in [2.75, 3.05) is 0 Å². The molecule has 3 rings (SSSR count). The van der Waals surface area contributed by atoms with E-state index in [0.717, 1.165) is 16.7 Å². The fourth-order valence-corrected chi connectivity index (χ4v) is 2.24. The molecule has 116 valence electrons. The molecule has 1 aromatic heterocycles. The van der Waals surface area contributed by atoms with E-state index in [9.17, 15) is 8.78 Å². The maximum atomic E-state index is 13.1.